The fourth-order valence-electron chi connectivity index (χ4n) is 1.46. The van der Waals surface area contributed by atoms with E-state index in [4.69, 9.17) is 4.74 Å². The minimum absolute atomic E-state index is 0. The van der Waals surface area contributed by atoms with Crippen molar-refractivity contribution < 1.29 is 22.7 Å². The highest BCUT2D eigenvalue weighted by atomic mass is 79.9. The van der Waals surface area contributed by atoms with Crippen molar-refractivity contribution >= 4 is 28.6 Å². The van der Waals surface area contributed by atoms with Gasteiger partial charge in [0.25, 0.3) is 0 Å². The maximum absolute atomic E-state index is 12.5. The molecule has 0 atom stereocenters. The summed E-state index contributed by atoms with van der Waals surface area (Å²) >= 11 is 0. The first-order valence-corrected chi connectivity index (χ1v) is 5.15. The molecule has 0 unspecified atom stereocenters. The van der Waals surface area contributed by atoms with E-state index in [-0.39, 0.29) is 34.9 Å². The van der Waals surface area contributed by atoms with E-state index < -0.39 is 17.7 Å². The van der Waals surface area contributed by atoms with Gasteiger partial charge in [-0.15, -0.1) is 17.0 Å². The van der Waals surface area contributed by atoms with Crippen molar-refractivity contribution in [3.63, 3.8) is 0 Å². The van der Waals surface area contributed by atoms with Gasteiger partial charge in [-0.25, -0.2) is 9.78 Å². The summed E-state index contributed by atoms with van der Waals surface area (Å²) in [6.07, 6.45) is -2.34. The summed E-state index contributed by atoms with van der Waals surface area (Å²) in [5.74, 6) is -0.658. The van der Waals surface area contributed by atoms with Crippen LogP contribution in [0, 0.1) is 0 Å². The van der Waals surface area contributed by atoms with Gasteiger partial charge >= 0.3 is 12.1 Å². The Hall–Kier alpha value is -1.57. The van der Waals surface area contributed by atoms with Crippen LogP contribution in [0.4, 0.5) is 13.2 Å². The van der Waals surface area contributed by atoms with Crippen LogP contribution in [-0.4, -0.2) is 22.0 Å². The second-order valence-corrected chi connectivity index (χ2v) is 3.53. The van der Waals surface area contributed by atoms with Crippen LogP contribution in [0.5, 0.6) is 0 Å². The van der Waals surface area contributed by atoms with Crippen molar-refractivity contribution in [2.45, 2.75) is 13.1 Å². The fraction of sp³-hybridized carbons (Fsp3) is 0.273. The molecule has 0 radical (unpaired) electrons. The molecule has 0 aliphatic heterocycles. The van der Waals surface area contributed by atoms with E-state index >= 15 is 0 Å². The summed E-state index contributed by atoms with van der Waals surface area (Å²) in [6.45, 7) is 1.82. The second-order valence-electron chi connectivity index (χ2n) is 3.53. The molecule has 0 fully saturated rings. The van der Waals surface area contributed by atoms with Crippen LogP contribution in [0.1, 0.15) is 23.0 Å². The summed E-state index contributed by atoms with van der Waals surface area (Å²) in [5, 5.41) is 0. The molecule has 0 amide bonds. The highest BCUT2D eigenvalue weighted by molar-refractivity contribution is 8.93. The van der Waals surface area contributed by atoms with Gasteiger partial charge in [0.2, 0.25) is 0 Å². The molecule has 0 bridgehead atoms. The van der Waals surface area contributed by atoms with E-state index in [0.29, 0.717) is 0 Å². The molecule has 0 saturated heterocycles. The number of carbonyl (C=O) groups is 1. The average molecular weight is 339 g/mol. The molecular formula is C11H10BrF3N2O2. The van der Waals surface area contributed by atoms with E-state index in [2.05, 4.69) is 4.98 Å². The third kappa shape index (κ3) is 3.25. The fourth-order valence-corrected chi connectivity index (χ4v) is 1.46. The number of aromatic nitrogens is 2. The van der Waals surface area contributed by atoms with Crippen LogP contribution >= 0.6 is 17.0 Å². The largest absolute Gasteiger partial charge is 0.461 e. The quantitative estimate of drug-likeness (QED) is 0.790. The Kier molecular flexibility index (Phi) is 4.56. The number of pyridine rings is 1. The molecule has 0 aliphatic rings. The zero-order chi connectivity index (χ0) is 13.3. The molecule has 0 spiro atoms. The number of ether oxygens (including phenoxy) is 1. The van der Waals surface area contributed by atoms with Gasteiger partial charge in [-0.3, -0.25) is 0 Å². The van der Waals surface area contributed by atoms with Crippen molar-refractivity contribution in [3.8, 4) is 0 Å². The molecule has 104 valence electrons. The molecule has 2 aromatic rings. The smallest absolute Gasteiger partial charge is 0.417 e. The van der Waals surface area contributed by atoms with Crippen molar-refractivity contribution in [3.05, 3.63) is 35.8 Å². The Labute approximate surface area is 117 Å². The van der Waals surface area contributed by atoms with E-state index in [0.717, 1.165) is 16.7 Å². The zero-order valence-electron chi connectivity index (χ0n) is 9.77. The number of alkyl halides is 3. The third-order valence-corrected chi connectivity index (χ3v) is 2.26. The van der Waals surface area contributed by atoms with Gasteiger partial charge in [-0.2, -0.15) is 13.2 Å². The molecule has 0 N–H and O–H groups in total. The lowest BCUT2D eigenvalue weighted by Gasteiger charge is -2.05. The van der Waals surface area contributed by atoms with E-state index in [1.807, 2.05) is 0 Å². The van der Waals surface area contributed by atoms with Gasteiger partial charge in [0.05, 0.1) is 12.2 Å². The van der Waals surface area contributed by atoms with Gasteiger partial charge < -0.3 is 9.14 Å². The Morgan fingerprint density at radius 1 is 1.37 bits per heavy atom. The van der Waals surface area contributed by atoms with E-state index in [9.17, 15) is 18.0 Å². The van der Waals surface area contributed by atoms with E-state index in [1.165, 1.54) is 12.3 Å². The van der Waals surface area contributed by atoms with Crippen molar-refractivity contribution in [1.82, 2.24) is 9.38 Å². The number of hydrogen-bond donors (Lipinski definition) is 0. The number of carbonyl (C=O) groups excluding carboxylic acids is 1. The van der Waals surface area contributed by atoms with E-state index in [1.54, 1.807) is 6.92 Å². The molecule has 0 aromatic carbocycles. The minimum Gasteiger partial charge on any atom is -0.461 e. The second kappa shape index (κ2) is 5.60. The van der Waals surface area contributed by atoms with Gasteiger partial charge in [-0.05, 0) is 19.1 Å². The lowest BCUT2D eigenvalue weighted by Crippen LogP contribution is -2.05. The SMILES string of the molecule is Br.CCOC(=O)c1cn2cc(C(F)(F)F)ccc2n1. The predicted molar refractivity (Wildman–Crippen MR) is 66.5 cm³/mol. The minimum atomic E-state index is -4.43. The highest BCUT2D eigenvalue weighted by Crippen LogP contribution is 2.29. The normalized spacial score (nSPS) is 11.2. The third-order valence-electron chi connectivity index (χ3n) is 2.26. The Morgan fingerprint density at radius 2 is 2.05 bits per heavy atom. The first kappa shape index (κ1) is 15.5. The maximum atomic E-state index is 12.5. The summed E-state index contributed by atoms with van der Waals surface area (Å²) < 4.78 is 43.3. The Balaban J connectivity index is 0.00000180. The number of hydrogen-bond acceptors (Lipinski definition) is 3. The number of rotatable bonds is 2. The average Bonchev–Trinajstić information content (AvgIpc) is 2.70. The molecule has 0 saturated carbocycles. The van der Waals surface area contributed by atoms with Gasteiger partial charge in [0.15, 0.2) is 5.69 Å². The molecule has 8 heteroatoms. The van der Waals surface area contributed by atoms with Crippen molar-refractivity contribution in [2.75, 3.05) is 6.61 Å². The molecule has 2 heterocycles. The van der Waals surface area contributed by atoms with Crippen LogP contribution in [0.3, 0.4) is 0 Å². The number of esters is 1. The zero-order valence-corrected chi connectivity index (χ0v) is 11.5. The summed E-state index contributed by atoms with van der Waals surface area (Å²) in [6, 6.07) is 2.11. The molecule has 0 aliphatic carbocycles. The van der Waals surface area contributed by atoms with Crippen LogP contribution in [0.15, 0.2) is 24.5 Å². The Bertz CT molecular complexity index is 595. The number of nitrogens with zero attached hydrogens (tertiary/aromatic N) is 2. The summed E-state index contributed by atoms with van der Waals surface area (Å²) in [7, 11) is 0. The van der Waals surface area contributed by atoms with Crippen molar-refractivity contribution in [1.29, 1.82) is 0 Å². The van der Waals surface area contributed by atoms with Crippen LogP contribution in [-0.2, 0) is 10.9 Å². The molecule has 2 aromatic heterocycles. The first-order chi connectivity index (χ1) is 8.41. The number of halogens is 4. The van der Waals surface area contributed by atoms with Gasteiger partial charge in [0, 0.05) is 12.4 Å². The maximum Gasteiger partial charge on any atom is 0.417 e. The number of imidazole rings is 1. The number of fused-ring (bicyclic) bond motifs is 1. The first-order valence-electron chi connectivity index (χ1n) is 5.15. The molecule has 19 heavy (non-hydrogen) atoms. The molecule has 4 nitrogen and oxygen atoms in total. The lowest BCUT2D eigenvalue weighted by atomic mass is 10.3. The standard InChI is InChI=1S/C11H9F3N2O2.BrH/c1-2-18-10(17)8-6-16-5-7(11(12,13)14)3-4-9(16)15-8;/h3-6H,2H2,1H3;1H. The van der Waals surface area contributed by atoms with Crippen LogP contribution in [0.25, 0.3) is 5.65 Å². The highest BCUT2D eigenvalue weighted by Gasteiger charge is 2.31. The molecule has 2 rings (SSSR count). The molecular weight excluding hydrogens is 329 g/mol. The van der Waals surface area contributed by atoms with Crippen LogP contribution < -0.4 is 0 Å². The lowest BCUT2D eigenvalue weighted by molar-refractivity contribution is -0.137. The van der Waals surface area contributed by atoms with Crippen molar-refractivity contribution in [2.24, 2.45) is 0 Å². The summed E-state index contributed by atoms with van der Waals surface area (Å²) in [4.78, 5) is 15.3. The monoisotopic (exact) mass is 338 g/mol. The van der Waals surface area contributed by atoms with Gasteiger partial charge in [0.1, 0.15) is 5.65 Å². The predicted octanol–water partition coefficient (Wildman–Crippen LogP) is 3.11. The summed E-state index contributed by atoms with van der Waals surface area (Å²) in [5.41, 5.74) is -0.565. The van der Waals surface area contributed by atoms with Crippen LogP contribution in [0.2, 0.25) is 0 Å². The Morgan fingerprint density at radius 3 is 2.63 bits per heavy atom. The van der Waals surface area contributed by atoms with Gasteiger partial charge in [-0.1, -0.05) is 0 Å². The topological polar surface area (TPSA) is 43.6 Å².